The van der Waals surface area contributed by atoms with Crippen molar-refractivity contribution in [2.75, 3.05) is 5.88 Å². The van der Waals surface area contributed by atoms with Gasteiger partial charge in [-0.1, -0.05) is 47.0 Å². The van der Waals surface area contributed by atoms with Crippen molar-refractivity contribution in [1.29, 1.82) is 0 Å². The smallest absolute Gasteiger partial charge is 0.0664 e. The Bertz CT molecular complexity index is 329. The van der Waals surface area contributed by atoms with Crippen LogP contribution in [0.5, 0.6) is 0 Å². The lowest BCUT2D eigenvalue weighted by Crippen LogP contribution is -1.80. The Morgan fingerprint density at radius 2 is 2.08 bits per heavy atom. The summed E-state index contributed by atoms with van der Waals surface area (Å²) in [5.41, 5.74) is 1.97. The van der Waals surface area contributed by atoms with Gasteiger partial charge >= 0.3 is 0 Å². The van der Waals surface area contributed by atoms with E-state index in [4.69, 9.17) is 34.8 Å². The van der Waals surface area contributed by atoms with Gasteiger partial charge in [0.15, 0.2) is 0 Å². The van der Waals surface area contributed by atoms with Gasteiger partial charge in [-0.25, -0.2) is 0 Å². The summed E-state index contributed by atoms with van der Waals surface area (Å²) in [6, 6.07) is 5.53. The summed E-state index contributed by atoms with van der Waals surface area (Å²) in [6.07, 6.45) is 1.93. The lowest BCUT2D eigenvalue weighted by Gasteiger charge is -2.01. The van der Waals surface area contributed by atoms with Crippen LogP contribution in [0.15, 0.2) is 23.8 Å². The molecule has 0 radical (unpaired) electrons. The van der Waals surface area contributed by atoms with E-state index in [0.717, 1.165) is 11.1 Å². The summed E-state index contributed by atoms with van der Waals surface area (Å²) in [5, 5.41) is 1.14. The number of alkyl halides is 1. The lowest BCUT2D eigenvalue weighted by molar-refractivity contribution is 1.43. The van der Waals surface area contributed by atoms with Crippen molar-refractivity contribution in [3.05, 3.63) is 39.4 Å². The van der Waals surface area contributed by atoms with Gasteiger partial charge in [0.1, 0.15) is 0 Å². The van der Waals surface area contributed by atoms with E-state index in [1.165, 1.54) is 0 Å². The fraction of sp³-hybridized carbons (Fsp3) is 0.200. The van der Waals surface area contributed by atoms with Crippen LogP contribution in [0.3, 0.4) is 0 Å². The second kappa shape index (κ2) is 4.90. The Kier molecular flexibility index (Phi) is 4.11. The van der Waals surface area contributed by atoms with Crippen LogP contribution in [0.4, 0.5) is 0 Å². The molecule has 70 valence electrons. The highest BCUT2D eigenvalue weighted by Gasteiger charge is 2.01. The van der Waals surface area contributed by atoms with Crippen LogP contribution in [0.25, 0.3) is 6.08 Å². The van der Waals surface area contributed by atoms with Crippen molar-refractivity contribution in [3.63, 3.8) is 0 Å². The molecule has 0 bridgehead atoms. The molecule has 0 aromatic heterocycles. The highest BCUT2D eigenvalue weighted by molar-refractivity contribution is 6.42. The third-order valence-electron chi connectivity index (χ3n) is 1.59. The second-order valence-electron chi connectivity index (χ2n) is 2.77. The standard InChI is InChI=1S/C10H9Cl3/c1-7(6-11)5-8-3-2-4-9(12)10(8)13/h2-5H,6H2,1H3. The van der Waals surface area contributed by atoms with Crippen molar-refractivity contribution >= 4 is 40.9 Å². The third-order valence-corrected chi connectivity index (χ3v) is 2.85. The molecule has 0 fully saturated rings. The highest BCUT2D eigenvalue weighted by Crippen LogP contribution is 2.27. The molecule has 3 heteroatoms. The normalized spacial score (nSPS) is 11.8. The molecular formula is C10H9Cl3. The molecule has 0 aliphatic rings. The molecule has 0 unspecified atom stereocenters. The minimum absolute atomic E-state index is 0.503. The molecule has 0 amide bonds. The largest absolute Gasteiger partial charge is 0.122 e. The molecule has 1 aromatic carbocycles. The molecule has 1 rings (SSSR count). The quantitative estimate of drug-likeness (QED) is 0.655. The Balaban J connectivity index is 3.09. The summed E-state index contributed by atoms with van der Waals surface area (Å²) in [7, 11) is 0. The first-order valence-corrected chi connectivity index (χ1v) is 5.11. The van der Waals surface area contributed by atoms with Gasteiger partial charge in [-0.3, -0.25) is 0 Å². The number of hydrogen-bond acceptors (Lipinski definition) is 0. The minimum atomic E-state index is 0.503. The first kappa shape index (κ1) is 10.9. The first-order chi connectivity index (χ1) is 6.15. The van der Waals surface area contributed by atoms with Crippen LogP contribution in [0, 0.1) is 0 Å². The molecule has 0 saturated heterocycles. The molecule has 13 heavy (non-hydrogen) atoms. The summed E-state index contributed by atoms with van der Waals surface area (Å²) in [6.45, 7) is 1.95. The van der Waals surface area contributed by atoms with Crippen molar-refractivity contribution < 1.29 is 0 Å². The molecule has 0 heterocycles. The molecule has 0 atom stereocenters. The van der Waals surface area contributed by atoms with Gasteiger partial charge in [-0.15, -0.1) is 11.6 Å². The van der Waals surface area contributed by atoms with E-state index in [2.05, 4.69) is 0 Å². The van der Waals surface area contributed by atoms with Gasteiger partial charge in [0.2, 0.25) is 0 Å². The summed E-state index contributed by atoms with van der Waals surface area (Å²) < 4.78 is 0. The maximum absolute atomic E-state index is 5.97. The zero-order chi connectivity index (χ0) is 9.84. The maximum atomic E-state index is 5.97. The topological polar surface area (TPSA) is 0 Å². The number of rotatable bonds is 2. The van der Waals surface area contributed by atoms with Crippen LogP contribution in [-0.4, -0.2) is 5.88 Å². The van der Waals surface area contributed by atoms with Crippen LogP contribution in [-0.2, 0) is 0 Å². The van der Waals surface area contributed by atoms with E-state index in [0.29, 0.717) is 15.9 Å². The van der Waals surface area contributed by atoms with Gasteiger partial charge in [-0.2, -0.15) is 0 Å². The Morgan fingerprint density at radius 1 is 1.38 bits per heavy atom. The number of allylic oxidation sites excluding steroid dienone is 1. The van der Waals surface area contributed by atoms with Crippen LogP contribution in [0.1, 0.15) is 12.5 Å². The fourth-order valence-electron chi connectivity index (χ4n) is 0.936. The predicted molar refractivity (Wildman–Crippen MR) is 60.8 cm³/mol. The van der Waals surface area contributed by atoms with E-state index < -0.39 is 0 Å². The van der Waals surface area contributed by atoms with E-state index in [1.807, 2.05) is 25.1 Å². The van der Waals surface area contributed by atoms with Crippen LogP contribution in [0.2, 0.25) is 10.0 Å². The van der Waals surface area contributed by atoms with Crippen LogP contribution < -0.4 is 0 Å². The zero-order valence-electron chi connectivity index (χ0n) is 7.15. The Hall–Kier alpha value is -0.170. The van der Waals surface area contributed by atoms with E-state index >= 15 is 0 Å². The zero-order valence-corrected chi connectivity index (χ0v) is 9.42. The number of halogens is 3. The Labute approximate surface area is 93.1 Å². The molecule has 0 nitrogen and oxygen atoms in total. The first-order valence-electron chi connectivity index (χ1n) is 3.82. The average Bonchev–Trinajstić information content (AvgIpc) is 2.13. The molecule has 0 aliphatic carbocycles. The van der Waals surface area contributed by atoms with E-state index in [1.54, 1.807) is 6.07 Å². The molecule has 0 spiro atoms. The van der Waals surface area contributed by atoms with Crippen molar-refractivity contribution in [3.8, 4) is 0 Å². The third kappa shape index (κ3) is 2.91. The average molecular weight is 236 g/mol. The Morgan fingerprint density at radius 3 is 2.69 bits per heavy atom. The van der Waals surface area contributed by atoms with Crippen molar-refractivity contribution in [2.24, 2.45) is 0 Å². The van der Waals surface area contributed by atoms with Crippen molar-refractivity contribution in [1.82, 2.24) is 0 Å². The molecule has 0 aliphatic heterocycles. The molecule has 0 N–H and O–H groups in total. The number of benzene rings is 1. The summed E-state index contributed by atoms with van der Waals surface area (Å²) in [5.74, 6) is 0.503. The SMILES string of the molecule is CC(=Cc1cccc(Cl)c1Cl)CCl. The summed E-state index contributed by atoms with van der Waals surface area (Å²) >= 11 is 17.5. The fourth-order valence-corrected chi connectivity index (χ4v) is 1.38. The molecular weight excluding hydrogens is 226 g/mol. The van der Waals surface area contributed by atoms with Gasteiger partial charge in [0.05, 0.1) is 10.0 Å². The second-order valence-corrected chi connectivity index (χ2v) is 3.82. The van der Waals surface area contributed by atoms with Crippen LogP contribution >= 0.6 is 34.8 Å². The maximum Gasteiger partial charge on any atom is 0.0664 e. The summed E-state index contributed by atoms with van der Waals surface area (Å²) in [4.78, 5) is 0. The van der Waals surface area contributed by atoms with E-state index in [9.17, 15) is 0 Å². The number of hydrogen-bond donors (Lipinski definition) is 0. The molecule has 1 aromatic rings. The predicted octanol–water partition coefficient (Wildman–Crippen LogP) is 4.64. The van der Waals surface area contributed by atoms with Gasteiger partial charge in [-0.05, 0) is 18.6 Å². The van der Waals surface area contributed by atoms with E-state index in [-0.39, 0.29) is 0 Å². The van der Waals surface area contributed by atoms with Crippen molar-refractivity contribution in [2.45, 2.75) is 6.92 Å². The highest BCUT2D eigenvalue weighted by atomic mass is 35.5. The molecule has 0 saturated carbocycles. The van der Waals surface area contributed by atoms with Gasteiger partial charge in [0.25, 0.3) is 0 Å². The minimum Gasteiger partial charge on any atom is -0.122 e. The monoisotopic (exact) mass is 234 g/mol. The lowest BCUT2D eigenvalue weighted by atomic mass is 10.1. The van der Waals surface area contributed by atoms with Gasteiger partial charge < -0.3 is 0 Å². The van der Waals surface area contributed by atoms with Gasteiger partial charge in [0, 0.05) is 5.88 Å².